The van der Waals surface area contributed by atoms with E-state index in [1.165, 1.54) is 25.1 Å². The standard InChI is InChI=1S/C14H9Cl2F3/c1-7-4-10(13(19)6-12(7)18)14(16)9-3-2-8(17)5-11(9)15/h2-6,14H,1H3. The van der Waals surface area contributed by atoms with Gasteiger partial charge >= 0.3 is 0 Å². The lowest BCUT2D eigenvalue weighted by molar-refractivity contribution is 0.568. The maximum Gasteiger partial charge on any atom is 0.131 e. The Kier molecular flexibility index (Phi) is 4.07. The van der Waals surface area contributed by atoms with E-state index in [0.717, 1.165) is 12.1 Å². The van der Waals surface area contributed by atoms with Crippen LogP contribution in [-0.4, -0.2) is 0 Å². The first-order valence-electron chi connectivity index (χ1n) is 5.44. The van der Waals surface area contributed by atoms with E-state index >= 15 is 0 Å². The van der Waals surface area contributed by atoms with Crippen molar-refractivity contribution in [2.45, 2.75) is 12.3 Å². The average molecular weight is 305 g/mol. The zero-order chi connectivity index (χ0) is 14.2. The van der Waals surface area contributed by atoms with Crippen LogP contribution < -0.4 is 0 Å². The Bertz CT molecular complexity index is 626. The van der Waals surface area contributed by atoms with Crippen molar-refractivity contribution >= 4 is 23.2 Å². The Morgan fingerprint density at radius 3 is 2.26 bits per heavy atom. The highest BCUT2D eigenvalue weighted by Gasteiger charge is 2.19. The number of hydrogen-bond donors (Lipinski definition) is 0. The monoisotopic (exact) mass is 304 g/mol. The summed E-state index contributed by atoms with van der Waals surface area (Å²) in [6.07, 6.45) is 0. The van der Waals surface area contributed by atoms with Crippen molar-refractivity contribution in [2.24, 2.45) is 0 Å². The van der Waals surface area contributed by atoms with Crippen molar-refractivity contribution in [1.29, 1.82) is 0 Å². The summed E-state index contributed by atoms with van der Waals surface area (Å²) in [6.45, 7) is 1.51. The molecule has 1 unspecified atom stereocenters. The second-order valence-electron chi connectivity index (χ2n) is 4.15. The molecule has 0 amide bonds. The van der Waals surface area contributed by atoms with Crippen LogP contribution in [-0.2, 0) is 0 Å². The fourth-order valence-electron chi connectivity index (χ4n) is 1.75. The Hall–Kier alpha value is -1.19. The second-order valence-corrected chi connectivity index (χ2v) is 4.99. The van der Waals surface area contributed by atoms with E-state index < -0.39 is 22.8 Å². The smallest absolute Gasteiger partial charge is 0.131 e. The van der Waals surface area contributed by atoms with Gasteiger partial charge in [-0.15, -0.1) is 11.6 Å². The summed E-state index contributed by atoms with van der Waals surface area (Å²) in [5, 5.41) is -0.811. The number of hydrogen-bond acceptors (Lipinski definition) is 0. The first-order chi connectivity index (χ1) is 8.90. The minimum atomic E-state index is -0.910. The van der Waals surface area contributed by atoms with E-state index in [9.17, 15) is 13.2 Å². The van der Waals surface area contributed by atoms with Gasteiger partial charge in [-0.2, -0.15) is 0 Å². The van der Waals surface area contributed by atoms with Gasteiger partial charge in [0.2, 0.25) is 0 Å². The van der Waals surface area contributed by atoms with Gasteiger partial charge in [0.15, 0.2) is 0 Å². The van der Waals surface area contributed by atoms with Crippen molar-refractivity contribution in [3.05, 3.63) is 69.5 Å². The van der Waals surface area contributed by atoms with Gasteiger partial charge in [-0.05, 0) is 36.2 Å². The van der Waals surface area contributed by atoms with Crippen molar-refractivity contribution in [2.75, 3.05) is 0 Å². The predicted molar refractivity (Wildman–Crippen MR) is 70.2 cm³/mol. The lowest BCUT2D eigenvalue weighted by Crippen LogP contribution is -2.00. The summed E-state index contributed by atoms with van der Waals surface area (Å²) in [5.74, 6) is -1.91. The van der Waals surface area contributed by atoms with Crippen LogP contribution in [0.1, 0.15) is 22.1 Å². The van der Waals surface area contributed by atoms with Crippen LogP contribution in [0.2, 0.25) is 5.02 Å². The molecule has 100 valence electrons. The molecule has 0 saturated carbocycles. The number of alkyl halides is 1. The van der Waals surface area contributed by atoms with Gasteiger partial charge in [0.05, 0.1) is 5.38 Å². The number of benzene rings is 2. The van der Waals surface area contributed by atoms with Crippen LogP contribution in [0.5, 0.6) is 0 Å². The van der Waals surface area contributed by atoms with Gasteiger partial charge < -0.3 is 0 Å². The van der Waals surface area contributed by atoms with Crippen LogP contribution >= 0.6 is 23.2 Å². The van der Waals surface area contributed by atoms with Crippen molar-refractivity contribution in [3.63, 3.8) is 0 Å². The molecule has 2 rings (SSSR count). The molecule has 0 nitrogen and oxygen atoms in total. The molecule has 0 aromatic heterocycles. The molecule has 0 aliphatic rings. The molecule has 0 aliphatic carbocycles. The number of rotatable bonds is 2. The van der Waals surface area contributed by atoms with Gasteiger partial charge in [0.25, 0.3) is 0 Å². The van der Waals surface area contributed by atoms with E-state index in [4.69, 9.17) is 23.2 Å². The minimum Gasteiger partial charge on any atom is -0.207 e. The summed E-state index contributed by atoms with van der Waals surface area (Å²) < 4.78 is 39.9. The normalized spacial score (nSPS) is 12.5. The third-order valence-corrected chi connectivity index (χ3v) is 3.58. The highest BCUT2D eigenvalue weighted by molar-refractivity contribution is 6.33. The van der Waals surface area contributed by atoms with Crippen LogP contribution in [0, 0.1) is 24.4 Å². The molecule has 5 heteroatoms. The second kappa shape index (κ2) is 5.43. The first-order valence-corrected chi connectivity index (χ1v) is 6.26. The highest BCUT2D eigenvalue weighted by atomic mass is 35.5. The molecule has 19 heavy (non-hydrogen) atoms. The Morgan fingerprint density at radius 2 is 1.63 bits per heavy atom. The molecule has 0 N–H and O–H groups in total. The maximum atomic E-state index is 13.7. The van der Waals surface area contributed by atoms with Crippen LogP contribution in [0.15, 0.2) is 30.3 Å². The van der Waals surface area contributed by atoms with Crippen molar-refractivity contribution in [1.82, 2.24) is 0 Å². The summed E-state index contributed by atoms with van der Waals surface area (Å²) in [6, 6.07) is 5.76. The van der Waals surface area contributed by atoms with E-state index in [0.29, 0.717) is 5.56 Å². The Labute approximate surface area is 118 Å². The van der Waals surface area contributed by atoms with Crippen molar-refractivity contribution in [3.8, 4) is 0 Å². The number of halogens is 5. The topological polar surface area (TPSA) is 0 Å². The lowest BCUT2D eigenvalue weighted by atomic mass is 10.0. The largest absolute Gasteiger partial charge is 0.207 e. The Morgan fingerprint density at radius 1 is 0.947 bits per heavy atom. The molecule has 0 saturated heterocycles. The molecular weight excluding hydrogens is 296 g/mol. The summed E-state index contributed by atoms with van der Waals surface area (Å²) in [7, 11) is 0. The highest BCUT2D eigenvalue weighted by Crippen LogP contribution is 2.35. The van der Waals surface area contributed by atoms with Gasteiger partial charge in [-0.25, -0.2) is 13.2 Å². The van der Waals surface area contributed by atoms with E-state index in [2.05, 4.69) is 0 Å². The zero-order valence-corrected chi connectivity index (χ0v) is 11.4. The molecule has 2 aromatic rings. The fourth-order valence-corrected chi connectivity index (χ4v) is 2.44. The van der Waals surface area contributed by atoms with Crippen LogP contribution in [0.25, 0.3) is 0 Å². The molecule has 0 bridgehead atoms. The van der Waals surface area contributed by atoms with E-state index in [1.54, 1.807) is 0 Å². The quantitative estimate of drug-likeness (QED) is 0.652. The van der Waals surface area contributed by atoms with E-state index in [-0.39, 0.29) is 16.1 Å². The molecule has 0 radical (unpaired) electrons. The Balaban J connectivity index is 2.49. The molecule has 0 spiro atoms. The third-order valence-electron chi connectivity index (χ3n) is 2.79. The van der Waals surface area contributed by atoms with Gasteiger partial charge in [0, 0.05) is 16.7 Å². The van der Waals surface area contributed by atoms with Gasteiger partial charge in [0.1, 0.15) is 17.5 Å². The number of aryl methyl sites for hydroxylation is 1. The van der Waals surface area contributed by atoms with Gasteiger partial charge in [-0.1, -0.05) is 17.7 Å². The molecule has 0 aliphatic heterocycles. The van der Waals surface area contributed by atoms with Gasteiger partial charge in [-0.3, -0.25) is 0 Å². The zero-order valence-electron chi connectivity index (χ0n) is 9.85. The molecule has 0 fully saturated rings. The molecule has 2 aromatic carbocycles. The average Bonchev–Trinajstić information content (AvgIpc) is 2.33. The third kappa shape index (κ3) is 2.88. The minimum absolute atomic E-state index is 0.0985. The maximum absolute atomic E-state index is 13.7. The molecule has 1 atom stereocenters. The predicted octanol–water partition coefficient (Wildman–Crippen LogP) is 5.39. The molecular formula is C14H9Cl2F3. The van der Waals surface area contributed by atoms with E-state index in [1.807, 2.05) is 0 Å². The first kappa shape index (κ1) is 14.2. The summed E-state index contributed by atoms with van der Waals surface area (Å²) in [4.78, 5) is 0. The summed E-state index contributed by atoms with van der Waals surface area (Å²) >= 11 is 12.0. The SMILES string of the molecule is Cc1cc(C(Cl)c2ccc(F)cc2Cl)c(F)cc1F. The van der Waals surface area contributed by atoms with Crippen LogP contribution in [0.3, 0.4) is 0 Å². The van der Waals surface area contributed by atoms with Crippen molar-refractivity contribution < 1.29 is 13.2 Å². The van der Waals surface area contributed by atoms with Crippen LogP contribution in [0.4, 0.5) is 13.2 Å². The summed E-state index contributed by atoms with van der Waals surface area (Å²) in [5.41, 5.74) is 0.754. The lowest BCUT2D eigenvalue weighted by Gasteiger charge is -2.14. The fraction of sp³-hybridized carbons (Fsp3) is 0.143. The molecule has 0 heterocycles.